The Morgan fingerprint density at radius 1 is 1.12 bits per heavy atom. The van der Waals surface area contributed by atoms with Gasteiger partial charge >= 0.3 is 0 Å². The van der Waals surface area contributed by atoms with Crippen LogP contribution in [-0.4, -0.2) is 32.1 Å². The molecule has 0 amide bonds. The number of nitrogen functional groups attached to an aromatic ring is 1. The molecular weight excluding hydrogens is 300 g/mol. The molecule has 124 valence electrons. The van der Waals surface area contributed by atoms with Crippen molar-refractivity contribution < 1.29 is 0 Å². The summed E-state index contributed by atoms with van der Waals surface area (Å²) in [6, 6.07) is 8.49. The Balaban J connectivity index is 1.81. The van der Waals surface area contributed by atoms with Gasteiger partial charge in [-0.2, -0.15) is 0 Å². The summed E-state index contributed by atoms with van der Waals surface area (Å²) in [5.74, 6) is 1.55. The molecule has 3 aromatic rings. The highest BCUT2D eigenvalue weighted by atomic mass is 15.2. The standard InChI is InChI=1S/C18H22N6/c1-2-13-7-5-6-10-23(13)17-16(19)18(21-11-20-17)24-12-22-14-8-3-4-9-15(14)24/h3-4,8-9,11-13H,2,5-7,10,19H2,1H3. The van der Waals surface area contributed by atoms with Crippen LogP contribution in [-0.2, 0) is 0 Å². The highest BCUT2D eigenvalue weighted by molar-refractivity contribution is 5.80. The van der Waals surface area contributed by atoms with Gasteiger partial charge in [0, 0.05) is 12.6 Å². The average molecular weight is 322 g/mol. The van der Waals surface area contributed by atoms with Gasteiger partial charge in [-0.05, 0) is 37.8 Å². The molecule has 1 aliphatic rings. The molecule has 1 aliphatic heterocycles. The molecule has 0 aliphatic carbocycles. The summed E-state index contributed by atoms with van der Waals surface area (Å²) in [6.07, 6.45) is 8.15. The lowest BCUT2D eigenvalue weighted by Gasteiger charge is -2.36. The third kappa shape index (κ3) is 2.38. The lowest BCUT2D eigenvalue weighted by atomic mass is 10.00. The third-order valence-corrected chi connectivity index (χ3v) is 4.89. The average Bonchev–Trinajstić information content (AvgIpc) is 3.06. The minimum absolute atomic E-state index is 0.503. The van der Waals surface area contributed by atoms with Crippen LogP contribution in [0, 0.1) is 0 Å². The normalized spacial score (nSPS) is 18.2. The van der Waals surface area contributed by atoms with Gasteiger partial charge in [-0.25, -0.2) is 15.0 Å². The number of nitrogens with zero attached hydrogens (tertiary/aromatic N) is 5. The third-order valence-electron chi connectivity index (χ3n) is 4.89. The van der Waals surface area contributed by atoms with E-state index in [4.69, 9.17) is 5.73 Å². The van der Waals surface area contributed by atoms with Crippen LogP contribution in [0.15, 0.2) is 36.9 Å². The monoisotopic (exact) mass is 322 g/mol. The molecule has 2 aromatic heterocycles. The summed E-state index contributed by atoms with van der Waals surface area (Å²) in [5, 5.41) is 0. The lowest BCUT2D eigenvalue weighted by Crippen LogP contribution is -2.40. The Morgan fingerprint density at radius 3 is 2.83 bits per heavy atom. The summed E-state index contributed by atoms with van der Waals surface area (Å²) in [6.45, 7) is 3.23. The topological polar surface area (TPSA) is 72.9 Å². The van der Waals surface area contributed by atoms with Gasteiger partial charge in [-0.1, -0.05) is 19.1 Å². The molecule has 6 nitrogen and oxygen atoms in total. The first-order valence-corrected chi connectivity index (χ1v) is 8.59. The second-order valence-electron chi connectivity index (χ2n) is 6.29. The summed E-state index contributed by atoms with van der Waals surface area (Å²) in [5.41, 5.74) is 9.06. The fourth-order valence-electron chi connectivity index (χ4n) is 3.63. The number of imidazole rings is 1. The zero-order valence-electron chi connectivity index (χ0n) is 13.9. The van der Waals surface area contributed by atoms with E-state index in [0.29, 0.717) is 17.5 Å². The largest absolute Gasteiger partial charge is 0.393 e. The molecule has 0 radical (unpaired) electrons. The maximum Gasteiger partial charge on any atom is 0.167 e. The van der Waals surface area contributed by atoms with Crippen molar-refractivity contribution in [2.45, 2.75) is 38.6 Å². The quantitative estimate of drug-likeness (QED) is 0.802. The second kappa shape index (κ2) is 6.11. The number of fused-ring (bicyclic) bond motifs is 1. The van der Waals surface area contributed by atoms with E-state index in [-0.39, 0.29) is 0 Å². The number of piperidine rings is 1. The van der Waals surface area contributed by atoms with Gasteiger partial charge in [0.1, 0.15) is 18.3 Å². The van der Waals surface area contributed by atoms with Crippen LogP contribution in [0.5, 0.6) is 0 Å². The van der Waals surface area contributed by atoms with Crippen molar-refractivity contribution in [2.24, 2.45) is 0 Å². The fourth-order valence-corrected chi connectivity index (χ4v) is 3.63. The molecule has 6 heteroatoms. The predicted octanol–water partition coefficient (Wildman–Crippen LogP) is 3.17. The summed E-state index contributed by atoms with van der Waals surface area (Å²) in [4.78, 5) is 15.7. The van der Waals surface area contributed by atoms with Crippen LogP contribution in [0.3, 0.4) is 0 Å². The lowest BCUT2D eigenvalue weighted by molar-refractivity contribution is 0.447. The molecule has 3 heterocycles. The van der Waals surface area contributed by atoms with Crippen LogP contribution in [0.25, 0.3) is 16.9 Å². The van der Waals surface area contributed by atoms with Crippen LogP contribution in [0.4, 0.5) is 11.5 Å². The van der Waals surface area contributed by atoms with Gasteiger partial charge in [0.05, 0.1) is 11.0 Å². The Bertz CT molecular complexity index is 856. The molecule has 1 unspecified atom stereocenters. The number of rotatable bonds is 3. The summed E-state index contributed by atoms with van der Waals surface area (Å²) >= 11 is 0. The van der Waals surface area contributed by atoms with Crippen molar-refractivity contribution in [3.63, 3.8) is 0 Å². The maximum absolute atomic E-state index is 6.50. The first kappa shape index (κ1) is 14.9. The van der Waals surface area contributed by atoms with Crippen molar-refractivity contribution in [1.29, 1.82) is 0 Å². The van der Waals surface area contributed by atoms with Crippen molar-refractivity contribution in [1.82, 2.24) is 19.5 Å². The fraction of sp³-hybridized carbons (Fsp3) is 0.389. The maximum atomic E-state index is 6.50. The molecule has 0 saturated carbocycles. The molecule has 24 heavy (non-hydrogen) atoms. The first-order chi connectivity index (χ1) is 11.8. The first-order valence-electron chi connectivity index (χ1n) is 8.59. The smallest absolute Gasteiger partial charge is 0.167 e. The highest BCUT2D eigenvalue weighted by Gasteiger charge is 2.25. The zero-order chi connectivity index (χ0) is 16.5. The SMILES string of the molecule is CCC1CCCCN1c1ncnc(-n2cnc3ccccc32)c1N. The molecular formula is C18H22N6. The minimum Gasteiger partial charge on any atom is -0.393 e. The minimum atomic E-state index is 0.503. The summed E-state index contributed by atoms with van der Waals surface area (Å²) in [7, 11) is 0. The Hall–Kier alpha value is -2.63. The van der Waals surface area contributed by atoms with E-state index in [2.05, 4.69) is 26.8 Å². The van der Waals surface area contributed by atoms with E-state index < -0.39 is 0 Å². The van der Waals surface area contributed by atoms with Crippen LogP contribution >= 0.6 is 0 Å². The Kier molecular flexibility index (Phi) is 3.80. The molecule has 1 saturated heterocycles. The molecule has 2 N–H and O–H groups in total. The van der Waals surface area contributed by atoms with Crippen molar-refractivity contribution in [3.8, 4) is 5.82 Å². The number of para-hydroxylation sites is 2. The number of hydrogen-bond acceptors (Lipinski definition) is 5. The number of benzene rings is 1. The summed E-state index contributed by atoms with van der Waals surface area (Å²) < 4.78 is 1.95. The van der Waals surface area contributed by atoms with E-state index in [9.17, 15) is 0 Å². The Labute approximate surface area is 141 Å². The van der Waals surface area contributed by atoms with E-state index in [0.717, 1.165) is 29.8 Å². The van der Waals surface area contributed by atoms with E-state index in [1.54, 1.807) is 12.7 Å². The van der Waals surface area contributed by atoms with Crippen molar-refractivity contribution in [3.05, 3.63) is 36.9 Å². The van der Waals surface area contributed by atoms with Crippen LogP contribution in [0.1, 0.15) is 32.6 Å². The number of aromatic nitrogens is 4. The van der Waals surface area contributed by atoms with Gasteiger partial charge in [-0.15, -0.1) is 0 Å². The van der Waals surface area contributed by atoms with Gasteiger partial charge in [0.2, 0.25) is 0 Å². The molecule has 4 rings (SSSR count). The second-order valence-corrected chi connectivity index (χ2v) is 6.29. The van der Waals surface area contributed by atoms with Crippen molar-refractivity contribution >= 4 is 22.5 Å². The van der Waals surface area contributed by atoms with Crippen LogP contribution < -0.4 is 10.6 Å². The van der Waals surface area contributed by atoms with Crippen LogP contribution in [0.2, 0.25) is 0 Å². The predicted molar refractivity (Wildman–Crippen MR) is 96.3 cm³/mol. The van der Waals surface area contributed by atoms with Gasteiger partial charge in [-0.3, -0.25) is 4.57 Å². The van der Waals surface area contributed by atoms with Gasteiger partial charge in [0.15, 0.2) is 11.6 Å². The Morgan fingerprint density at radius 2 is 1.96 bits per heavy atom. The molecule has 1 aromatic carbocycles. The molecule has 0 spiro atoms. The molecule has 1 fully saturated rings. The van der Waals surface area contributed by atoms with Crippen molar-refractivity contribution in [2.75, 3.05) is 17.2 Å². The number of hydrogen-bond donors (Lipinski definition) is 1. The van der Waals surface area contributed by atoms with E-state index >= 15 is 0 Å². The molecule has 1 atom stereocenters. The van der Waals surface area contributed by atoms with E-state index in [1.165, 1.54) is 19.3 Å². The number of anilines is 2. The van der Waals surface area contributed by atoms with Gasteiger partial charge in [0.25, 0.3) is 0 Å². The highest BCUT2D eigenvalue weighted by Crippen LogP contribution is 2.32. The van der Waals surface area contributed by atoms with Gasteiger partial charge < -0.3 is 10.6 Å². The number of nitrogens with two attached hydrogens (primary N) is 1. The zero-order valence-corrected chi connectivity index (χ0v) is 13.9. The van der Waals surface area contributed by atoms with E-state index in [1.807, 2.05) is 28.8 Å². The molecule has 0 bridgehead atoms.